The number of fused-ring (bicyclic) bond motifs is 4. The maximum atomic E-state index is 6.77. The zero-order valence-electron chi connectivity index (χ0n) is 18.1. The molecule has 0 saturated heterocycles. The largest absolute Gasteiger partial charge is 0.459 e. The van der Waals surface area contributed by atoms with Crippen molar-refractivity contribution in [3.05, 3.63) is 65.7 Å². The normalized spacial score (nSPS) is 21.9. The van der Waals surface area contributed by atoms with Gasteiger partial charge < -0.3 is 9.64 Å². The molecule has 0 aromatic heterocycles. The van der Waals surface area contributed by atoms with Gasteiger partial charge in [-0.25, -0.2) is 0 Å². The molecule has 3 aromatic carbocycles. The molecule has 0 N–H and O–H groups in total. The van der Waals surface area contributed by atoms with E-state index in [4.69, 9.17) is 9.73 Å². The van der Waals surface area contributed by atoms with Gasteiger partial charge in [0.05, 0.1) is 11.6 Å². The van der Waals surface area contributed by atoms with Gasteiger partial charge in [0.25, 0.3) is 0 Å². The number of ether oxygens (including phenoxy) is 1. The zero-order chi connectivity index (χ0) is 20.6. The maximum Gasteiger partial charge on any atom is 0.228 e. The summed E-state index contributed by atoms with van der Waals surface area (Å²) in [7, 11) is 2.10. The van der Waals surface area contributed by atoms with E-state index in [1.54, 1.807) is 0 Å². The van der Waals surface area contributed by atoms with Crippen LogP contribution in [0.3, 0.4) is 0 Å². The Morgan fingerprint density at radius 3 is 2.45 bits per heavy atom. The number of hydrogen-bond acceptors (Lipinski definition) is 3. The number of rotatable bonds is 0. The minimum atomic E-state index is -0.636. The van der Waals surface area contributed by atoms with Crippen LogP contribution in [-0.4, -0.2) is 19.0 Å². The highest BCUT2D eigenvalue weighted by Gasteiger charge is 2.58. The van der Waals surface area contributed by atoms with Gasteiger partial charge >= 0.3 is 0 Å². The van der Waals surface area contributed by atoms with Gasteiger partial charge in [0, 0.05) is 18.1 Å². The van der Waals surface area contributed by atoms with E-state index in [0.717, 1.165) is 16.8 Å². The Bertz CT molecular complexity index is 1170. The zero-order valence-corrected chi connectivity index (χ0v) is 18.1. The van der Waals surface area contributed by atoms with Crippen molar-refractivity contribution < 1.29 is 4.74 Å². The molecule has 3 aromatic rings. The van der Waals surface area contributed by atoms with Crippen molar-refractivity contribution in [2.75, 3.05) is 11.9 Å². The summed E-state index contributed by atoms with van der Waals surface area (Å²) in [5.41, 5.74) is 3.99. The molecule has 0 amide bonds. The minimum Gasteiger partial charge on any atom is -0.459 e. The molecular formula is C26H28N2O. The van der Waals surface area contributed by atoms with Crippen molar-refractivity contribution in [3.8, 4) is 5.75 Å². The Hall–Kier alpha value is -2.81. The summed E-state index contributed by atoms with van der Waals surface area (Å²) in [5, 5.41) is 2.34. The van der Waals surface area contributed by atoms with Gasteiger partial charge in [-0.1, -0.05) is 63.2 Å². The molecule has 0 bridgehead atoms. The molecule has 0 saturated carbocycles. The Kier molecular flexibility index (Phi) is 3.54. The summed E-state index contributed by atoms with van der Waals surface area (Å²) in [5.74, 6) is 0.844. The number of likely N-dealkylation sites (N-methyl/N-ethyl adjacent to an activating group) is 1. The molecule has 1 spiro atoms. The van der Waals surface area contributed by atoms with E-state index in [9.17, 15) is 0 Å². The second-order valence-corrected chi connectivity index (χ2v) is 9.86. The summed E-state index contributed by atoms with van der Waals surface area (Å²) in [6.45, 7) is 11.2. The number of anilines is 1. The van der Waals surface area contributed by atoms with Crippen molar-refractivity contribution in [2.24, 2.45) is 4.99 Å². The van der Waals surface area contributed by atoms with E-state index in [-0.39, 0.29) is 10.8 Å². The van der Waals surface area contributed by atoms with Crippen LogP contribution in [0.1, 0.15) is 45.7 Å². The van der Waals surface area contributed by atoms with Crippen molar-refractivity contribution in [2.45, 2.75) is 51.2 Å². The molecule has 0 unspecified atom stereocenters. The predicted molar refractivity (Wildman–Crippen MR) is 122 cm³/mol. The molecule has 0 aliphatic carbocycles. The fraction of sp³-hybridized carbons (Fsp3) is 0.346. The molecule has 5 rings (SSSR count). The van der Waals surface area contributed by atoms with Crippen molar-refractivity contribution in [1.29, 1.82) is 0 Å². The lowest BCUT2D eigenvalue weighted by molar-refractivity contribution is 0.0826. The van der Waals surface area contributed by atoms with Crippen LogP contribution in [0, 0.1) is 0 Å². The lowest BCUT2D eigenvalue weighted by atomic mass is 9.77. The molecule has 1 atom stereocenters. The fourth-order valence-corrected chi connectivity index (χ4v) is 4.85. The fourth-order valence-electron chi connectivity index (χ4n) is 4.85. The lowest BCUT2D eigenvalue weighted by Crippen LogP contribution is -2.61. The van der Waals surface area contributed by atoms with E-state index in [0.29, 0.717) is 0 Å². The first kappa shape index (κ1) is 18.2. The van der Waals surface area contributed by atoms with E-state index in [2.05, 4.69) is 101 Å². The molecule has 3 heteroatoms. The summed E-state index contributed by atoms with van der Waals surface area (Å²) in [6.07, 6.45) is 2.01. The van der Waals surface area contributed by atoms with Crippen LogP contribution in [0.25, 0.3) is 10.8 Å². The number of benzene rings is 3. The minimum absolute atomic E-state index is 0.121. The van der Waals surface area contributed by atoms with Gasteiger partial charge in [-0.3, -0.25) is 4.99 Å². The number of para-hydroxylation sites is 1. The van der Waals surface area contributed by atoms with Crippen molar-refractivity contribution in [1.82, 2.24) is 0 Å². The Morgan fingerprint density at radius 2 is 1.72 bits per heavy atom. The van der Waals surface area contributed by atoms with Gasteiger partial charge in [-0.2, -0.15) is 0 Å². The average molecular weight is 385 g/mol. The molecule has 148 valence electrons. The molecule has 3 nitrogen and oxygen atoms in total. The van der Waals surface area contributed by atoms with Crippen LogP contribution in [-0.2, 0) is 10.8 Å². The van der Waals surface area contributed by atoms with Crippen LogP contribution in [0.15, 0.2) is 59.6 Å². The highest BCUT2D eigenvalue weighted by Crippen LogP contribution is 2.54. The SMILES string of the molecule is CN1c2ccccc2C(C)(C)[C@]12C=Nc1c(ccc3cc(C(C)(C)C)ccc13)O2. The summed E-state index contributed by atoms with van der Waals surface area (Å²) >= 11 is 0. The molecule has 0 fully saturated rings. The second kappa shape index (κ2) is 5.63. The highest BCUT2D eigenvalue weighted by atomic mass is 16.5. The standard InChI is InChI=1S/C26H28N2O/c1-24(2,3)18-12-13-19-17(15-18)11-14-22-23(19)27-16-26(29-22)25(4,5)20-9-7-8-10-21(20)28(26)6/h7-16H,1-6H3/t26-/m1/s1. The van der Waals surface area contributed by atoms with Gasteiger partial charge in [0.2, 0.25) is 5.72 Å². The third-order valence-electron chi connectivity index (χ3n) is 6.79. The Morgan fingerprint density at radius 1 is 0.966 bits per heavy atom. The topological polar surface area (TPSA) is 24.8 Å². The first-order valence-electron chi connectivity index (χ1n) is 10.3. The van der Waals surface area contributed by atoms with E-state index < -0.39 is 5.72 Å². The smallest absolute Gasteiger partial charge is 0.228 e. The Balaban J connectivity index is 1.65. The van der Waals surface area contributed by atoms with Crippen LogP contribution in [0.5, 0.6) is 5.75 Å². The quantitative estimate of drug-likeness (QED) is 0.451. The van der Waals surface area contributed by atoms with E-state index in [1.165, 1.54) is 22.2 Å². The highest BCUT2D eigenvalue weighted by molar-refractivity contribution is 6.00. The number of aliphatic imine (C=N–C) groups is 1. The molecular weight excluding hydrogens is 356 g/mol. The van der Waals surface area contributed by atoms with Gasteiger partial charge in [0.1, 0.15) is 11.4 Å². The van der Waals surface area contributed by atoms with E-state index >= 15 is 0 Å². The Labute approximate surface area is 173 Å². The van der Waals surface area contributed by atoms with Gasteiger partial charge in [-0.05, 0) is 47.9 Å². The average Bonchev–Trinajstić information content (AvgIpc) is 2.85. The first-order valence-corrected chi connectivity index (χ1v) is 10.3. The molecule has 2 heterocycles. The monoisotopic (exact) mass is 384 g/mol. The van der Waals surface area contributed by atoms with Crippen LogP contribution >= 0.6 is 0 Å². The maximum absolute atomic E-state index is 6.77. The van der Waals surface area contributed by atoms with Crippen molar-refractivity contribution in [3.63, 3.8) is 0 Å². The van der Waals surface area contributed by atoms with Crippen LogP contribution < -0.4 is 9.64 Å². The molecule has 29 heavy (non-hydrogen) atoms. The number of nitrogens with zero attached hydrogens (tertiary/aromatic N) is 2. The summed E-state index contributed by atoms with van der Waals surface area (Å²) in [6, 6.07) is 19.4. The summed E-state index contributed by atoms with van der Waals surface area (Å²) < 4.78 is 6.77. The van der Waals surface area contributed by atoms with E-state index in [1.807, 2.05) is 6.21 Å². The molecule has 2 aliphatic heterocycles. The van der Waals surface area contributed by atoms with Crippen LogP contribution in [0.4, 0.5) is 11.4 Å². The second-order valence-electron chi connectivity index (χ2n) is 9.86. The van der Waals surface area contributed by atoms with Gasteiger partial charge in [-0.15, -0.1) is 0 Å². The summed E-state index contributed by atoms with van der Waals surface area (Å²) in [4.78, 5) is 7.21. The van der Waals surface area contributed by atoms with Crippen LogP contribution in [0.2, 0.25) is 0 Å². The predicted octanol–water partition coefficient (Wildman–Crippen LogP) is 6.36. The number of hydrogen-bond donors (Lipinski definition) is 0. The molecule has 0 radical (unpaired) electrons. The van der Waals surface area contributed by atoms with Gasteiger partial charge in [0.15, 0.2) is 0 Å². The third kappa shape index (κ3) is 2.33. The van der Waals surface area contributed by atoms with Crippen molar-refractivity contribution >= 4 is 28.4 Å². The lowest BCUT2D eigenvalue weighted by Gasteiger charge is -2.45. The third-order valence-corrected chi connectivity index (χ3v) is 6.79. The molecule has 2 aliphatic rings. The first-order chi connectivity index (χ1) is 13.6.